The molecule has 9 heteroatoms. The first kappa shape index (κ1) is 30.1. The van der Waals surface area contributed by atoms with Crippen LogP contribution in [0.5, 0.6) is 11.5 Å². The standard InChI is InChI=1S/C34H34ClN3O5/c1-20(2)43-30-18-28-23(16-29(30)42-5)17-32(40)38(33(28)22-6-11-26(35)12-7-22)31-15-10-25(19-36-31)34(4,41)24-8-13-27(14-9-24)37-21(3)39/h6-16,18-20,33,41H,17H2,1-5H3,(H,37,39)/t33-,34?/m0/s1. The summed E-state index contributed by atoms with van der Waals surface area (Å²) >= 11 is 6.22. The summed E-state index contributed by atoms with van der Waals surface area (Å²) in [5.74, 6) is 1.30. The number of hydrogen-bond acceptors (Lipinski definition) is 6. The number of carbonyl (C=O) groups is 2. The van der Waals surface area contributed by atoms with E-state index in [0.29, 0.717) is 39.2 Å². The molecule has 8 nitrogen and oxygen atoms in total. The number of amides is 2. The van der Waals surface area contributed by atoms with Crippen LogP contribution in [0.4, 0.5) is 11.5 Å². The van der Waals surface area contributed by atoms with Gasteiger partial charge < -0.3 is 19.9 Å². The van der Waals surface area contributed by atoms with Crippen LogP contribution in [-0.2, 0) is 21.6 Å². The molecule has 0 saturated heterocycles. The molecular formula is C34H34ClN3O5. The number of pyridine rings is 1. The van der Waals surface area contributed by atoms with Crippen molar-refractivity contribution < 1.29 is 24.2 Å². The highest BCUT2D eigenvalue weighted by atomic mass is 35.5. The second-order valence-electron chi connectivity index (χ2n) is 11.0. The highest BCUT2D eigenvalue weighted by Crippen LogP contribution is 2.43. The van der Waals surface area contributed by atoms with Crippen LogP contribution in [-0.4, -0.2) is 35.1 Å². The van der Waals surface area contributed by atoms with Gasteiger partial charge in [-0.25, -0.2) is 4.98 Å². The van der Waals surface area contributed by atoms with Crippen LogP contribution in [0.1, 0.15) is 61.6 Å². The molecule has 0 bridgehead atoms. The molecule has 43 heavy (non-hydrogen) atoms. The van der Waals surface area contributed by atoms with E-state index in [1.807, 2.05) is 38.1 Å². The van der Waals surface area contributed by atoms with Crippen molar-refractivity contribution in [1.29, 1.82) is 0 Å². The van der Waals surface area contributed by atoms with Gasteiger partial charge in [-0.1, -0.05) is 41.9 Å². The maximum Gasteiger partial charge on any atom is 0.233 e. The average Bonchev–Trinajstić information content (AvgIpc) is 2.97. The van der Waals surface area contributed by atoms with Crippen LogP contribution < -0.4 is 19.7 Å². The molecule has 0 radical (unpaired) electrons. The first-order valence-corrected chi connectivity index (χ1v) is 14.4. The van der Waals surface area contributed by atoms with Crippen LogP contribution in [0, 0.1) is 0 Å². The van der Waals surface area contributed by atoms with Gasteiger partial charge in [-0.15, -0.1) is 0 Å². The molecule has 222 valence electrons. The molecule has 2 N–H and O–H groups in total. The number of hydrogen-bond donors (Lipinski definition) is 2. The summed E-state index contributed by atoms with van der Waals surface area (Å²) < 4.78 is 11.7. The van der Waals surface area contributed by atoms with E-state index in [1.54, 1.807) is 73.7 Å². The number of benzene rings is 3. The van der Waals surface area contributed by atoms with Crippen molar-refractivity contribution in [2.75, 3.05) is 17.3 Å². The second kappa shape index (κ2) is 12.1. The van der Waals surface area contributed by atoms with E-state index in [2.05, 4.69) is 10.3 Å². The number of aliphatic hydroxyl groups is 1. The lowest BCUT2D eigenvalue weighted by Gasteiger charge is -2.37. The quantitative estimate of drug-likeness (QED) is 0.242. The Bertz CT molecular complexity index is 1630. The Morgan fingerprint density at radius 1 is 1.05 bits per heavy atom. The SMILES string of the molecule is COc1cc2c(cc1OC(C)C)[C@H](c1ccc(Cl)cc1)N(c1ccc(C(C)(O)c3ccc(NC(C)=O)cc3)cn1)C(=O)C2. The van der Waals surface area contributed by atoms with E-state index in [4.69, 9.17) is 21.1 Å². The van der Waals surface area contributed by atoms with Gasteiger partial charge in [0.25, 0.3) is 0 Å². The van der Waals surface area contributed by atoms with Crippen LogP contribution in [0.3, 0.4) is 0 Å². The van der Waals surface area contributed by atoms with Gasteiger partial charge in [0.1, 0.15) is 11.4 Å². The van der Waals surface area contributed by atoms with Crippen LogP contribution in [0.2, 0.25) is 5.02 Å². The number of halogens is 1. The van der Waals surface area contributed by atoms with Crippen molar-refractivity contribution in [3.05, 3.63) is 112 Å². The third-order valence-corrected chi connectivity index (χ3v) is 7.71. The van der Waals surface area contributed by atoms with E-state index >= 15 is 0 Å². The Morgan fingerprint density at radius 3 is 2.30 bits per heavy atom. The number of fused-ring (bicyclic) bond motifs is 1. The lowest BCUT2D eigenvalue weighted by atomic mass is 9.87. The Hall–Kier alpha value is -4.40. The summed E-state index contributed by atoms with van der Waals surface area (Å²) in [6.45, 7) is 7.02. The zero-order valence-electron chi connectivity index (χ0n) is 24.7. The fourth-order valence-electron chi connectivity index (χ4n) is 5.36. The monoisotopic (exact) mass is 599 g/mol. The minimum atomic E-state index is -1.37. The number of carbonyl (C=O) groups excluding carboxylic acids is 2. The molecule has 1 aliphatic heterocycles. The first-order valence-electron chi connectivity index (χ1n) is 14.0. The van der Waals surface area contributed by atoms with E-state index in [1.165, 1.54) is 6.92 Å². The van der Waals surface area contributed by atoms with Gasteiger partial charge in [-0.3, -0.25) is 14.5 Å². The van der Waals surface area contributed by atoms with Gasteiger partial charge in [0.15, 0.2) is 11.5 Å². The number of nitrogens with one attached hydrogen (secondary N) is 1. The number of rotatable bonds is 8. The molecule has 2 atom stereocenters. The Balaban J connectivity index is 1.55. The van der Waals surface area contributed by atoms with E-state index in [9.17, 15) is 14.7 Å². The topological polar surface area (TPSA) is 101 Å². The van der Waals surface area contributed by atoms with Crippen molar-refractivity contribution in [3.63, 3.8) is 0 Å². The van der Waals surface area contributed by atoms with Gasteiger partial charge >= 0.3 is 0 Å². The fourth-order valence-corrected chi connectivity index (χ4v) is 5.49. The molecule has 0 fully saturated rings. The summed E-state index contributed by atoms with van der Waals surface area (Å²) in [6.07, 6.45) is 1.66. The molecule has 0 saturated carbocycles. The van der Waals surface area contributed by atoms with Crippen LogP contribution in [0.15, 0.2) is 79.0 Å². The Morgan fingerprint density at radius 2 is 1.72 bits per heavy atom. The van der Waals surface area contributed by atoms with Gasteiger partial charge in [0.2, 0.25) is 11.8 Å². The number of nitrogens with zero attached hydrogens (tertiary/aromatic N) is 2. The number of aromatic nitrogens is 1. The molecule has 3 aromatic carbocycles. The smallest absolute Gasteiger partial charge is 0.233 e. The minimum Gasteiger partial charge on any atom is -0.493 e. The van der Waals surface area contributed by atoms with Gasteiger partial charge in [-0.2, -0.15) is 0 Å². The van der Waals surface area contributed by atoms with Gasteiger partial charge in [-0.05, 0) is 85.5 Å². The Labute approximate surface area is 256 Å². The predicted octanol–water partition coefficient (Wildman–Crippen LogP) is 6.42. The zero-order valence-corrected chi connectivity index (χ0v) is 25.5. The minimum absolute atomic E-state index is 0.0779. The molecule has 5 rings (SSSR count). The predicted molar refractivity (Wildman–Crippen MR) is 167 cm³/mol. The molecule has 1 aromatic heterocycles. The summed E-state index contributed by atoms with van der Waals surface area (Å²) in [5.41, 5.74) is 3.05. The third kappa shape index (κ3) is 6.21. The molecule has 0 aliphatic carbocycles. The largest absolute Gasteiger partial charge is 0.493 e. The van der Waals surface area contributed by atoms with Crippen molar-refractivity contribution in [2.45, 2.75) is 51.9 Å². The van der Waals surface area contributed by atoms with Gasteiger partial charge in [0, 0.05) is 29.4 Å². The molecular weight excluding hydrogens is 566 g/mol. The maximum atomic E-state index is 13.8. The maximum absolute atomic E-state index is 13.8. The van der Waals surface area contributed by atoms with Crippen LogP contribution in [0.25, 0.3) is 0 Å². The fraction of sp³-hybridized carbons (Fsp3) is 0.265. The summed E-state index contributed by atoms with van der Waals surface area (Å²) in [7, 11) is 1.58. The zero-order chi connectivity index (χ0) is 30.9. The van der Waals surface area contributed by atoms with E-state index in [-0.39, 0.29) is 24.3 Å². The molecule has 2 amide bonds. The Kier molecular flexibility index (Phi) is 8.44. The lowest BCUT2D eigenvalue weighted by Crippen LogP contribution is -2.41. The molecule has 0 spiro atoms. The van der Waals surface area contributed by atoms with Crippen LogP contribution >= 0.6 is 11.6 Å². The third-order valence-electron chi connectivity index (χ3n) is 7.46. The van der Waals surface area contributed by atoms with E-state index < -0.39 is 11.6 Å². The lowest BCUT2D eigenvalue weighted by molar-refractivity contribution is -0.118. The first-order chi connectivity index (χ1) is 20.5. The van der Waals surface area contributed by atoms with Gasteiger partial charge in [0.05, 0.1) is 25.7 Å². The van der Waals surface area contributed by atoms with Crippen molar-refractivity contribution >= 4 is 34.9 Å². The molecule has 1 aliphatic rings. The van der Waals surface area contributed by atoms with Crippen molar-refractivity contribution in [1.82, 2.24) is 4.98 Å². The number of methoxy groups -OCH3 is 1. The molecule has 2 heterocycles. The van der Waals surface area contributed by atoms with Crippen molar-refractivity contribution in [2.24, 2.45) is 0 Å². The highest BCUT2D eigenvalue weighted by molar-refractivity contribution is 6.30. The molecule has 1 unspecified atom stereocenters. The second-order valence-corrected chi connectivity index (χ2v) is 11.4. The summed E-state index contributed by atoms with van der Waals surface area (Å²) in [5, 5.41) is 14.8. The normalized spacial score (nSPS) is 16.0. The van der Waals surface area contributed by atoms with Crippen molar-refractivity contribution in [3.8, 4) is 11.5 Å². The highest BCUT2D eigenvalue weighted by Gasteiger charge is 2.37. The number of anilines is 2. The average molecular weight is 600 g/mol. The number of ether oxygens (including phenoxy) is 2. The van der Waals surface area contributed by atoms with E-state index in [0.717, 1.165) is 16.7 Å². The summed E-state index contributed by atoms with van der Waals surface area (Å²) in [6, 6.07) is 21.2. The summed E-state index contributed by atoms with van der Waals surface area (Å²) in [4.78, 5) is 31.5. The molecule has 4 aromatic rings.